The summed E-state index contributed by atoms with van der Waals surface area (Å²) in [4.78, 5) is 0. The molecule has 0 fully saturated rings. The van der Waals surface area contributed by atoms with E-state index in [2.05, 4.69) is 182 Å². The molecule has 0 saturated carbocycles. The number of hydrogen-bond donors (Lipinski definition) is 0. The molecule has 0 atom stereocenters. The van der Waals surface area contributed by atoms with Gasteiger partial charge in [-0.25, -0.2) is 0 Å². The van der Waals surface area contributed by atoms with Crippen molar-refractivity contribution in [3.05, 3.63) is 182 Å². The normalized spacial score (nSPS) is 11.5. The van der Waals surface area contributed by atoms with Crippen molar-refractivity contribution in [1.29, 1.82) is 0 Å². The fraction of sp³-hybridized carbons (Fsp3) is 0. The van der Waals surface area contributed by atoms with Crippen LogP contribution in [-0.4, -0.2) is 0 Å². The van der Waals surface area contributed by atoms with E-state index in [0.29, 0.717) is 0 Å². The van der Waals surface area contributed by atoms with Crippen molar-refractivity contribution < 1.29 is 0 Å². The van der Waals surface area contributed by atoms with Crippen LogP contribution in [0.1, 0.15) is 0 Å². The maximum Gasteiger partial charge on any atom is -0.00201 e. The lowest BCUT2D eigenvalue weighted by molar-refractivity contribution is 1.61. The van der Waals surface area contributed by atoms with Crippen molar-refractivity contribution in [3.8, 4) is 44.5 Å². The van der Waals surface area contributed by atoms with Crippen LogP contribution < -0.4 is 0 Å². The van der Waals surface area contributed by atoms with Gasteiger partial charge in [0.25, 0.3) is 0 Å². The number of hydrogen-bond acceptors (Lipinski definition) is 0. The van der Waals surface area contributed by atoms with E-state index in [1.54, 1.807) is 0 Å². The van der Waals surface area contributed by atoms with Crippen LogP contribution in [0.15, 0.2) is 182 Å². The first-order valence-corrected chi connectivity index (χ1v) is 15.9. The summed E-state index contributed by atoms with van der Waals surface area (Å²) in [6, 6.07) is 66.5. The maximum absolute atomic E-state index is 2.34. The molecule has 0 amide bonds. The zero-order valence-corrected chi connectivity index (χ0v) is 25.3. The molecule has 0 N–H and O–H groups in total. The van der Waals surface area contributed by atoms with Gasteiger partial charge in [0.05, 0.1) is 0 Å². The van der Waals surface area contributed by atoms with Gasteiger partial charge in [0.15, 0.2) is 0 Å². The predicted molar refractivity (Wildman–Crippen MR) is 198 cm³/mol. The van der Waals surface area contributed by atoms with Gasteiger partial charge in [-0.15, -0.1) is 0 Å². The van der Waals surface area contributed by atoms with Gasteiger partial charge in [0.2, 0.25) is 0 Å². The van der Waals surface area contributed by atoms with Crippen molar-refractivity contribution in [1.82, 2.24) is 0 Å². The third-order valence-corrected chi connectivity index (χ3v) is 9.44. The molecule has 0 unspecified atom stereocenters. The minimum absolute atomic E-state index is 1.23. The van der Waals surface area contributed by atoms with Crippen LogP contribution in [0.25, 0.3) is 87.6 Å². The lowest BCUT2D eigenvalue weighted by atomic mass is 9.84. The molecule has 0 heterocycles. The highest BCUT2D eigenvalue weighted by atomic mass is 14.2. The van der Waals surface area contributed by atoms with E-state index in [1.807, 2.05) is 0 Å². The van der Waals surface area contributed by atoms with E-state index in [-0.39, 0.29) is 0 Å². The molecule has 9 rings (SSSR count). The van der Waals surface area contributed by atoms with E-state index in [4.69, 9.17) is 0 Å². The number of rotatable bonds is 4. The second-order valence-electron chi connectivity index (χ2n) is 12.1. The lowest BCUT2D eigenvalue weighted by Crippen LogP contribution is -1.92. The standard InChI is InChI=1S/C46H30/c1-2-11-31(12-3-1)33-21-24-34(25-22-33)45-41-16-6-8-18-43(41)46(44-19-9-7-17-42(44)45)40-20-10-15-38-30-37(27-28-39(38)40)36-26-23-32-13-4-5-14-35(32)29-36/h1-30H. The van der Waals surface area contributed by atoms with Crippen molar-refractivity contribution in [2.45, 2.75) is 0 Å². The SMILES string of the molecule is c1ccc(-c2ccc(-c3c4ccccc4c(-c4cccc5cc(-c6ccc7ccccc7c6)ccc45)c4ccccc34)cc2)cc1. The molecule has 214 valence electrons. The Morgan fingerprint density at radius 3 is 1.39 bits per heavy atom. The zero-order chi connectivity index (χ0) is 30.5. The van der Waals surface area contributed by atoms with E-state index < -0.39 is 0 Å². The fourth-order valence-electron chi connectivity index (χ4n) is 7.24. The summed E-state index contributed by atoms with van der Waals surface area (Å²) in [6.45, 7) is 0. The molecule has 0 bridgehead atoms. The molecule has 46 heavy (non-hydrogen) atoms. The van der Waals surface area contributed by atoms with E-state index in [1.165, 1.54) is 87.6 Å². The van der Waals surface area contributed by atoms with Gasteiger partial charge in [-0.3, -0.25) is 0 Å². The Hall–Kier alpha value is -5.98. The molecule has 0 aliphatic heterocycles. The Balaban J connectivity index is 1.24. The van der Waals surface area contributed by atoms with Gasteiger partial charge in [0, 0.05) is 0 Å². The molecule has 9 aromatic carbocycles. The molecule has 0 aromatic heterocycles. The summed E-state index contributed by atoms with van der Waals surface area (Å²) < 4.78 is 0. The molecule has 0 nitrogen and oxygen atoms in total. The molecular weight excluding hydrogens is 553 g/mol. The van der Waals surface area contributed by atoms with Crippen LogP contribution >= 0.6 is 0 Å². The van der Waals surface area contributed by atoms with Gasteiger partial charge in [-0.1, -0.05) is 170 Å². The molecule has 0 aliphatic carbocycles. The highest BCUT2D eigenvalue weighted by Crippen LogP contribution is 2.45. The molecule has 0 spiro atoms. The summed E-state index contributed by atoms with van der Waals surface area (Å²) in [5, 5.41) is 10.1. The zero-order valence-electron chi connectivity index (χ0n) is 25.3. The van der Waals surface area contributed by atoms with Crippen LogP contribution in [0, 0.1) is 0 Å². The van der Waals surface area contributed by atoms with Gasteiger partial charge in [-0.2, -0.15) is 0 Å². The van der Waals surface area contributed by atoms with Crippen molar-refractivity contribution in [2.24, 2.45) is 0 Å². The summed E-state index contributed by atoms with van der Waals surface area (Å²) in [5.41, 5.74) is 10.0. The van der Waals surface area contributed by atoms with Gasteiger partial charge >= 0.3 is 0 Å². The van der Waals surface area contributed by atoms with Crippen LogP contribution in [0.4, 0.5) is 0 Å². The minimum Gasteiger partial charge on any atom is -0.0622 e. The third-order valence-electron chi connectivity index (χ3n) is 9.44. The average Bonchev–Trinajstić information content (AvgIpc) is 3.13. The topological polar surface area (TPSA) is 0 Å². The Morgan fingerprint density at radius 1 is 0.217 bits per heavy atom. The molecule has 0 saturated heterocycles. The maximum atomic E-state index is 2.34. The Labute approximate surface area is 268 Å². The number of fused-ring (bicyclic) bond motifs is 4. The van der Waals surface area contributed by atoms with Crippen molar-refractivity contribution >= 4 is 43.1 Å². The van der Waals surface area contributed by atoms with Crippen LogP contribution in [0.3, 0.4) is 0 Å². The highest BCUT2D eigenvalue weighted by molar-refractivity contribution is 6.23. The monoisotopic (exact) mass is 582 g/mol. The predicted octanol–water partition coefficient (Wildman–Crippen LogP) is 13.0. The second kappa shape index (κ2) is 10.9. The van der Waals surface area contributed by atoms with Crippen LogP contribution in [-0.2, 0) is 0 Å². The molecule has 0 aliphatic rings. The van der Waals surface area contributed by atoms with E-state index >= 15 is 0 Å². The molecule has 0 heteroatoms. The highest BCUT2D eigenvalue weighted by Gasteiger charge is 2.18. The Morgan fingerprint density at radius 2 is 0.696 bits per heavy atom. The van der Waals surface area contributed by atoms with Crippen LogP contribution in [0.5, 0.6) is 0 Å². The van der Waals surface area contributed by atoms with E-state index in [9.17, 15) is 0 Å². The van der Waals surface area contributed by atoms with Crippen molar-refractivity contribution in [3.63, 3.8) is 0 Å². The first-order valence-electron chi connectivity index (χ1n) is 15.9. The van der Waals surface area contributed by atoms with Gasteiger partial charge in [-0.05, 0) is 99.7 Å². The van der Waals surface area contributed by atoms with Gasteiger partial charge < -0.3 is 0 Å². The molecule has 9 aromatic rings. The quantitative estimate of drug-likeness (QED) is 0.181. The first kappa shape index (κ1) is 26.4. The van der Waals surface area contributed by atoms with Crippen LogP contribution in [0.2, 0.25) is 0 Å². The first-order chi connectivity index (χ1) is 22.8. The largest absolute Gasteiger partial charge is 0.0622 e. The third kappa shape index (κ3) is 4.38. The summed E-state index contributed by atoms with van der Waals surface area (Å²) in [6.07, 6.45) is 0. The lowest BCUT2D eigenvalue weighted by Gasteiger charge is -2.19. The number of benzene rings is 9. The minimum atomic E-state index is 1.23. The fourth-order valence-corrected chi connectivity index (χ4v) is 7.24. The Kier molecular flexibility index (Phi) is 6.25. The molecular formula is C46H30. The average molecular weight is 583 g/mol. The Bertz CT molecular complexity index is 2500. The smallest absolute Gasteiger partial charge is 0.00201 e. The van der Waals surface area contributed by atoms with Crippen molar-refractivity contribution in [2.75, 3.05) is 0 Å². The summed E-state index contributed by atoms with van der Waals surface area (Å²) in [5.74, 6) is 0. The van der Waals surface area contributed by atoms with E-state index in [0.717, 1.165) is 0 Å². The second-order valence-corrected chi connectivity index (χ2v) is 12.1. The summed E-state index contributed by atoms with van der Waals surface area (Å²) >= 11 is 0. The molecule has 0 radical (unpaired) electrons. The summed E-state index contributed by atoms with van der Waals surface area (Å²) in [7, 11) is 0. The van der Waals surface area contributed by atoms with Gasteiger partial charge in [0.1, 0.15) is 0 Å².